The molecule has 0 unspecified atom stereocenters. The van der Waals surface area contributed by atoms with Gasteiger partial charge in [0.05, 0.1) is 17.9 Å². The highest BCUT2D eigenvalue weighted by atomic mass is 16.5. The lowest BCUT2D eigenvalue weighted by atomic mass is 10.1. The molecule has 0 aliphatic rings. The number of aromatic nitrogens is 6. The van der Waals surface area contributed by atoms with Gasteiger partial charge in [-0.25, -0.2) is 4.79 Å². The molecule has 0 saturated heterocycles. The van der Waals surface area contributed by atoms with Crippen LogP contribution in [0, 0.1) is 6.92 Å². The highest BCUT2D eigenvalue weighted by Crippen LogP contribution is 2.18. The van der Waals surface area contributed by atoms with E-state index < -0.39 is 0 Å². The SMILES string of the molecule is C=CCn1ccc(/C(C)=N\N=C(CC)OCc2c(C)cccc2-n2nnn(C)c2=O)n1. The van der Waals surface area contributed by atoms with Crippen molar-refractivity contribution in [3.63, 3.8) is 0 Å². The van der Waals surface area contributed by atoms with E-state index in [1.807, 2.05) is 51.2 Å². The molecule has 0 amide bonds. The van der Waals surface area contributed by atoms with Crippen LogP contribution in [0.1, 0.15) is 37.1 Å². The van der Waals surface area contributed by atoms with Crippen molar-refractivity contribution in [2.24, 2.45) is 17.3 Å². The van der Waals surface area contributed by atoms with Gasteiger partial charge >= 0.3 is 5.69 Å². The fraction of sp³-hybridized carbons (Fsp3) is 0.333. The molecule has 0 aliphatic carbocycles. The van der Waals surface area contributed by atoms with Gasteiger partial charge in [0, 0.05) is 25.2 Å². The monoisotopic (exact) mass is 422 g/mol. The smallest absolute Gasteiger partial charge is 0.368 e. The first kappa shape index (κ1) is 21.9. The number of hydrogen-bond donors (Lipinski definition) is 0. The third kappa shape index (κ3) is 5.03. The molecule has 0 bridgehead atoms. The van der Waals surface area contributed by atoms with E-state index in [0.717, 1.165) is 16.8 Å². The number of allylic oxidation sites excluding steroid dienone is 1. The van der Waals surface area contributed by atoms with Crippen molar-refractivity contribution in [2.75, 3.05) is 0 Å². The molecule has 1 aromatic carbocycles. The second kappa shape index (κ2) is 9.79. The molecular weight excluding hydrogens is 396 g/mol. The van der Waals surface area contributed by atoms with Crippen LogP contribution < -0.4 is 5.69 Å². The number of tetrazole rings is 1. The Morgan fingerprint density at radius 1 is 1.26 bits per heavy atom. The van der Waals surface area contributed by atoms with Gasteiger partial charge < -0.3 is 4.74 Å². The van der Waals surface area contributed by atoms with Gasteiger partial charge in [0.1, 0.15) is 12.3 Å². The quantitative estimate of drug-likeness (QED) is 0.240. The van der Waals surface area contributed by atoms with Gasteiger partial charge in [-0.3, -0.25) is 4.68 Å². The van der Waals surface area contributed by atoms with Crippen molar-refractivity contribution >= 4 is 11.6 Å². The summed E-state index contributed by atoms with van der Waals surface area (Å²) >= 11 is 0. The van der Waals surface area contributed by atoms with Crippen molar-refractivity contribution in [2.45, 2.75) is 40.3 Å². The zero-order valence-corrected chi connectivity index (χ0v) is 18.2. The van der Waals surface area contributed by atoms with Gasteiger partial charge in [-0.15, -0.1) is 11.7 Å². The summed E-state index contributed by atoms with van der Waals surface area (Å²) in [5.74, 6) is 0.477. The zero-order valence-electron chi connectivity index (χ0n) is 18.2. The van der Waals surface area contributed by atoms with E-state index in [1.54, 1.807) is 17.8 Å². The van der Waals surface area contributed by atoms with Crippen molar-refractivity contribution < 1.29 is 4.74 Å². The van der Waals surface area contributed by atoms with Crippen LogP contribution in [0.5, 0.6) is 0 Å². The standard InChI is InChI=1S/C21H26N8O2/c1-6-12-28-13-11-18(24-28)16(4)22-23-20(7-2)31-14-17-15(3)9-8-10-19(17)29-21(30)27(5)25-26-29/h6,8-11,13H,1,7,12,14H2,2-5H3/b22-16-,23-20?. The van der Waals surface area contributed by atoms with Crippen molar-refractivity contribution in [3.8, 4) is 5.69 Å². The summed E-state index contributed by atoms with van der Waals surface area (Å²) in [7, 11) is 1.56. The third-order valence-corrected chi connectivity index (χ3v) is 4.66. The Morgan fingerprint density at radius 2 is 2.06 bits per heavy atom. The van der Waals surface area contributed by atoms with Crippen molar-refractivity contribution in [1.82, 2.24) is 29.6 Å². The molecule has 0 fully saturated rings. The normalized spacial score (nSPS) is 12.3. The van der Waals surface area contributed by atoms with E-state index in [2.05, 4.69) is 32.3 Å². The first-order chi connectivity index (χ1) is 14.9. The fourth-order valence-corrected chi connectivity index (χ4v) is 2.87. The first-order valence-corrected chi connectivity index (χ1v) is 9.91. The minimum Gasteiger partial charge on any atom is -0.475 e. The molecule has 3 rings (SSSR count). The van der Waals surface area contributed by atoms with Crippen LogP contribution in [0.2, 0.25) is 0 Å². The van der Waals surface area contributed by atoms with Crippen LogP contribution in [0.25, 0.3) is 5.69 Å². The minimum atomic E-state index is -0.327. The van der Waals surface area contributed by atoms with Crippen molar-refractivity contribution in [1.29, 1.82) is 0 Å². The molecule has 3 aromatic rings. The Kier molecular flexibility index (Phi) is 6.91. The van der Waals surface area contributed by atoms with E-state index in [1.165, 1.54) is 9.36 Å². The predicted octanol–water partition coefficient (Wildman–Crippen LogP) is 2.41. The molecule has 0 saturated carbocycles. The molecule has 10 heteroatoms. The van der Waals surface area contributed by atoms with E-state index >= 15 is 0 Å². The van der Waals surface area contributed by atoms with Gasteiger partial charge in [0.25, 0.3) is 0 Å². The van der Waals surface area contributed by atoms with Crippen LogP contribution in [-0.4, -0.2) is 41.2 Å². The highest BCUT2D eigenvalue weighted by molar-refractivity contribution is 5.97. The zero-order chi connectivity index (χ0) is 22.4. The lowest BCUT2D eigenvalue weighted by molar-refractivity contribution is 0.282. The maximum atomic E-state index is 12.3. The van der Waals surface area contributed by atoms with Crippen LogP contribution >= 0.6 is 0 Å². The first-order valence-electron chi connectivity index (χ1n) is 9.91. The van der Waals surface area contributed by atoms with E-state index in [4.69, 9.17) is 4.74 Å². The lowest BCUT2D eigenvalue weighted by Crippen LogP contribution is -2.23. The maximum absolute atomic E-state index is 12.3. The molecule has 162 valence electrons. The molecule has 0 spiro atoms. The molecule has 0 N–H and O–H groups in total. The van der Waals surface area contributed by atoms with Crippen molar-refractivity contribution in [3.05, 3.63) is 70.4 Å². The molecule has 0 aliphatic heterocycles. The number of nitrogens with zero attached hydrogens (tertiary/aromatic N) is 8. The van der Waals surface area contributed by atoms with E-state index in [9.17, 15) is 4.79 Å². The second-order valence-electron chi connectivity index (χ2n) is 6.90. The largest absolute Gasteiger partial charge is 0.475 e. The Bertz CT molecular complexity index is 1180. The second-order valence-corrected chi connectivity index (χ2v) is 6.90. The highest BCUT2D eigenvalue weighted by Gasteiger charge is 2.14. The molecule has 10 nitrogen and oxygen atoms in total. The summed E-state index contributed by atoms with van der Waals surface area (Å²) in [5.41, 5.74) is 3.52. The Morgan fingerprint density at radius 3 is 2.74 bits per heavy atom. The van der Waals surface area contributed by atoms with Gasteiger partial charge in [-0.2, -0.15) is 19.6 Å². The van der Waals surface area contributed by atoms with E-state index in [-0.39, 0.29) is 12.3 Å². The van der Waals surface area contributed by atoms with Gasteiger partial charge in [0.2, 0.25) is 5.90 Å². The molecule has 2 aromatic heterocycles. The number of ether oxygens (including phenoxy) is 1. The molecule has 0 atom stereocenters. The molecular formula is C21H26N8O2. The number of benzene rings is 1. The molecule has 31 heavy (non-hydrogen) atoms. The van der Waals surface area contributed by atoms with E-state index in [0.29, 0.717) is 30.3 Å². The number of aryl methyl sites for hydroxylation is 2. The fourth-order valence-electron chi connectivity index (χ4n) is 2.87. The summed E-state index contributed by atoms with van der Waals surface area (Å²) in [6, 6.07) is 7.51. The average molecular weight is 422 g/mol. The van der Waals surface area contributed by atoms with Gasteiger partial charge in [0.15, 0.2) is 0 Å². The van der Waals surface area contributed by atoms with Crippen LogP contribution in [-0.2, 0) is 24.9 Å². The van der Waals surface area contributed by atoms with Gasteiger partial charge in [-0.05, 0) is 42.0 Å². The summed E-state index contributed by atoms with van der Waals surface area (Å²) in [6.07, 6.45) is 4.21. The Hall–Kier alpha value is -3.82. The van der Waals surface area contributed by atoms with Gasteiger partial charge in [-0.1, -0.05) is 25.1 Å². The Labute approximate surface area is 180 Å². The third-order valence-electron chi connectivity index (χ3n) is 4.66. The number of rotatable bonds is 8. The average Bonchev–Trinajstić information content (AvgIpc) is 3.36. The summed E-state index contributed by atoms with van der Waals surface area (Å²) in [6.45, 7) is 10.3. The molecule has 2 heterocycles. The minimum absolute atomic E-state index is 0.222. The van der Waals surface area contributed by atoms with Crippen LogP contribution in [0.4, 0.5) is 0 Å². The topological polar surface area (TPSA) is 104 Å². The summed E-state index contributed by atoms with van der Waals surface area (Å²) in [4.78, 5) is 12.3. The number of hydrogen-bond acceptors (Lipinski definition) is 7. The van der Waals surface area contributed by atoms with Crippen LogP contribution in [0.15, 0.2) is 58.1 Å². The van der Waals surface area contributed by atoms with Crippen LogP contribution in [0.3, 0.4) is 0 Å². The maximum Gasteiger partial charge on any atom is 0.368 e. The lowest BCUT2D eigenvalue weighted by Gasteiger charge is -2.13. The Balaban J connectivity index is 1.80. The summed E-state index contributed by atoms with van der Waals surface area (Å²) < 4.78 is 10.1. The summed E-state index contributed by atoms with van der Waals surface area (Å²) in [5, 5.41) is 20.7. The predicted molar refractivity (Wildman–Crippen MR) is 118 cm³/mol. The molecule has 0 radical (unpaired) electrons.